The van der Waals surface area contributed by atoms with Gasteiger partial charge in [-0.05, 0) is 32.4 Å². The third-order valence-electron chi connectivity index (χ3n) is 3.32. The zero-order valence-electron chi connectivity index (χ0n) is 14.5. The first-order valence-electron chi connectivity index (χ1n) is 7.97. The molecule has 0 saturated carbocycles. The highest BCUT2D eigenvalue weighted by Crippen LogP contribution is 2.17. The van der Waals surface area contributed by atoms with Gasteiger partial charge in [-0.3, -0.25) is 4.98 Å². The van der Waals surface area contributed by atoms with Crippen LogP contribution in [0.5, 0.6) is 0 Å². The Morgan fingerprint density at radius 3 is 2.36 bits per heavy atom. The Kier molecular flexibility index (Phi) is 5.75. The summed E-state index contributed by atoms with van der Waals surface area (Å²) in [6, 6.07) is 12.2. The Labute approximate surface area is 146 Å². The van der Waals surface area contributed by atoms with Crippen LogP contribution in [0.1, 0.15) is 26.3 Å². The van der Waals surface area contributed by atoms with E-state index in [1.165, 1.54) is 0 Å². The highest BCUT2D eigenvalue weighted by molar-refractivity contribution is 5.80. The maximum absolute atomic E-state index is 11.8. The van der Waals surface area contributed by atoms with Gasteiger partial charge in [0, 0.05) is 18.2 Å². The van der Waals surface area contributed by atoms with Crippen LogP contribution >= 0.6 is 0 Å². The smallest absolute Gasteiger partial charge is 0.408 e. The normalized spacial score (nSPS) is 12.3. The largest absolute Gasteiger partial charge is 0.480 e. The van der Waals surface area contributed by atoms with Gasteiger partial charge >= 0.3 is 12.1 Å². The van der Waals surface area contributed by atoms with Gasteiger partial charge in [0.1, 0.15) is 11.6 Å². The molecule has 0 saturated heterocycles. The molecule has 6 heteroatoms. The van der Waals surface area contributed by atoms with Crippen molar-refractivity contribution in [1.29, 1.82) is 0 Å². The number of ether oxygens (including phenoxy) is 1. The topological polar surface area (TPSA) is 88.5 Å². The van der Waals surface area contributed by atoms with Crippen molar-refractivity contribution in [2.45, 2.75) is 38.8 Å². The summed E-state index contributed by atoms with van der Waals surface area (Å²) in [4.78, 5) is 27.6. The second-order valence-electron chi connectivity index (χ2n) is 6.66. The van der Waals surface area contributed by atoms with E-state index in [1.807, 2.05) is 42.5 Å². The van der Waals surface area contributed by atoms with E-state index in [0.717, 1.165) is 11.3 Å². The van der Waals surface area contributed by atoms with Crippen molar-refractivity contribution >= 4 is 12.1 Å². The van der Waals surface area contributed by atoms with E-state index in [4.69, 9.17) is 4.74 Å². The predicted molar refractivity (Wildman–Crippen MR) is 94.2 cm³/mol. The number of pyridine rings is 1. The van der Waals surface area contributed by atoms with Crippen LogP contribution in [-0.2, 0) is 16.0 Å². The number of hydrogen-bond donors (Lipinski definition) is 2. The predicted octanol–water partition coefficient (Wildman–Crippen LogP) is 3.27. The molecule has 1 amide bonds. The van der Waals surface area contributed by atoms with Crippen molar-refractivity contribution in [2.75, 3.05) is 0 Å². The Morgan fingerprint density at radius 1 is 1.16 bits per heavy atom. The molecule has 2 N–H and O–H groups in total. The van der Waals surface area contributed by atoms with Gasteiger partial charge in [-0.2, -0.15) is 0 Å². The fourth-order valence-corrected chi connectivity index (χ4v) is 2.21. The van der Waals surface area contributed by atoms with Gasteiger partial charge in [-0.15, -0.1) is 0 Å². The highest BCUT2D eigenvalue weighted by Gasteiger charge is 2.24. The number of carbonyl (C=O) groups is 2. The summed E-state index contributed by atoms with van der Waals surface area (Å²) < 4.78 is 5.10. The van der Waals surface area contributed by atoms with E-state index in [9.17, 15) is 14.7 Å². The van der Waals surface area contributed by atoms with Crippen LogP contribution in [0.4, 0.5) is 4.79 Å². The monoisotopic (exact) mass is 342 g/mol. The summed E-state index contributed by atoms with van der Waals surface area (Å²) in [6.07, 6.45) is 0.986. The Morgan fingerprint density at radius 2 is 1.84 bits per heavy atom. The molecule has 0 spiro atoms. The van der Waals surface area contributed by atoms with Crippen molar-refractivity contribution in [3.63, 3.8) is 0 Å². The third kappa shape index (κ3) is 5.91. The summed E-state index contributed by atoms with van der Waals surface area (Å²) in [6.45, 7) is 5.15. The van der Waals surface area contributed by atoms with Gasteiger partial charge in [0.2, 0.25) is 0 Å². The molecule has 2 aromatic rings. The lowest BCUT2D eigenvalue weighted by atomic mass is 10.1. The molecule has 0 unspecified atom stereocenters. The van der Waals surface area contributed by atoms with Gasteiger partial charge in [0.15, 0.2) is 0 Å². The minimum Gasteiger partial charge on any atom is -0.480 e. The molecule has 0 fully saturated rings. The van der Waals surface area contributed by atoms with Crippen LogP contribution in [0.15, 0.2) is 48.7 Å². The molecular weight excluding hydrogens is 320 g/mol. The third-order valence-corrected chi connectivity index (χ3v) is 3.32. The minimum atomic E-state index is -1.13. The molecular formula is C19H22N2O4. The number of rotatable bonds is 5. The Bertz CT molecular complexity index is 721. The molecule has 132 valence electrons. The minimum absolute atomic E-state index is 0.122. The van der Waals surface area contributed by atoms with Gasteiger partial charge in [-0.1, -0.05) is 36.4 Å². The SMILES string of the molecule is CC(C)(C)OC(=O)N[C@@H](Cc1ccc(-c2ccccc2)nc1)C(=O)O. The molecule has 1 heterocycles. The number of alkyl carbamates (subject to hydrolysis) is 1. The molecule has 0 aliphatic heterocycles. The van der Waals surface area contributed by atoms with E-state index in [0.29, 0.717) is 5.56 Å². The molecule has 1 aromatic heterocycles. The number of aliphatic carboxylic acids is 1. The molecule has 25 heavy (non-hydrogen) atoms. The van der Waals surface area contributed by atoms with Crippen LogP contribution in [0.2, 0.25) is 0 Å². The fourth-order valence-electron chi connectivity index (χ4n) is 2.21. The number of carboxylic acid groups (broad SMARTS) is 1. The van der Waals surface area contributed by atoms with Crippen LogP contribution in [0.3, 0.4) is 0 Å². The lowest BCUT2D eigenvalue weighted by Crippen LogP contribution is -2.44. The number of benzene rings is 1. The maximum atomic E-state index is 11.8. The number of aromatic nitrogens is 1. The summed E-state index contributed by atoms with van der Waals surface area (Å²) >= 11 is 0. The number of hydrogen-bond acceptors (Lipinski definition) is 4. The summed E-state index contributed by atoms with van der Waals surface area (Å²) in [5.74, 6) is -1.13. The first kappa shape index (κ1) is 18.4. The number of nitrogens with zero attached hydrogens (tertiary/aromatic N) is 1. The van der Waals surface area contributed by atoms with E-state index in [2.05, 4.69) is 10.3 Å². The lowest BCUT2D eigenvalue weighted by molar-refractivity contribution is -0.139. The molecule has 0 aliphatic carbocycles. The molecule has 1 aromatic carbocycles. The quantitative estimate of drug-likeness (QED) is 0.870. The molecule has 0 aliphatic rings. The summed E-state index contributed by atoms with van der Waals surface area (Å²) in [5.41, 5.74) is 1.81. The van der Waals surface area contributed by atoms with Gasteiger partial charge in [-0.25, -0.2) is 9.59 Å². The number of carboxylic acids is 1. The zero-order valence-corrected chi connectivity index (χ0v) is 14.5. The van der Waals surface area contributed by atoms with Crippen LogP contribution in [-0.4, -0.2) is 33.8 Å². The van der Waals surface area contributed by atoms with E-state index in [-0.39, 0.29) is 6.42 Å². The Balaban J connectivity index is 2.04. The molecule has 1 atom stereocenters. The summed E-state index contributed by atoms with van der Waals surface area (Å²) in [7, 11) is 0. The average molecular weight is 342 g/mol. The first-order valence-corrected chi connectivity index (χ1v) is 7.97. The van der Waals surface area contributed by atoms with Crippen molar-refractivity contribution in [3.05, 3.63) is 54.2 Å². The first-order chi connectivity index (χ1) is 11.7. The number of nitrogens with one attached hydrogen (secondary N) is 1. The second-order valence-corrected chi connectivity index (χ2v) is 6.66. The second kappa shape index (κ2) is 7.79. The number of carbonyl (C=O) groups excluding carboxylic acids is 1. The highest BCUT2D eigenvalue weighted by atomic mass is 16.6. The van der Waals surface area contributed by atoms with Gasteiger partial charge in [0.25, 0.3) is 0 Å². The van der Waals surface area contributed by atoms with Crippen LogP contribution in [0.25, 0.3) is 11.3 Å². The molecule has 0 bridgehead atoms. The standard InChI is InChI=1S/C19H22N2O4/c1-19(2,3)25-18(24)21-16(17(22)23)11-13-9-10-15(20-12-13)14-7-5-4-6-8-14/h4-10,12,16H,11H2,1-3H3,(H,21,24)(H,22,23)/t16-/m0/s1. The van der Waals surface area contributed by atoms with Gasteiger partial charge in [0.05, 0.1) is 5.69 Å². The van der Waals surface area contributed by atoms with Crippen molar-refractivity contribution in [2.24, 2.45) is 0 Å². The number of amides is 1. The van der Waals surface area contributed by atoms with Crippen LogP contribution < -0.4 is 5.32 Å². The van der Waals surface area contributed by atoms with Gasteiger partial charge < -0.3 is 15.2 Å². The summed E-state index contributed by atoms with van der Waals surface area (Å²) in [5, 5.41) is 11.7. The zero-order chi connectivity index (χ0) is 18.4. The van der Waals surface area contributed by atoms with E-state index in [1.54, 1.807) is 27.0 Å². The Hall–Kier alpha value is -2.89. The van der Waals surface area contributed by atoms with Crippen molar-refractivity contribution in [1.82, 2.24) is 10.3 Å². The fraction of sp³-hybridized carbons (Fsp3) is 0.316. The van der Waals surface area contributed by atoms with Crippen molar-refractivity contribution < 1.29 is 19.4 Å². The molecule has 2 rings (SSSR count). The maximum Gasteiger partial charge on any atom is 0.408 e. The molecule has 6 nitrogen and oxygen atoms in total. The van der Waals surface area contributed by atoms with E-state index >= 15 is 0 Å². The average Bonchev–Trinajstić information content (AvgIpc) is 2.54. The van der Waals surface area contributed by atoms with E-state index < -0.39 is 23.7 Å². The lowest BCUT2D eigenvalue weighted by Gasteiger charge is -2.22. The van der Waals surface area contributed by atoms with Crippen LogP contribution in [0, 0.1) is 0 Å². The molecule has 0 radical (unpaired) electrons. The van der Waals surface area contributed by atoms with Crippen molar-refractivity contribution in [3.8, 4) is 11.3 Å².